The number of aromatic nitrogens is 2. The largest absolute Gasteiger partial charge is 0.254 e. The Balaban J connectivity index is 2.36. The highest BCUT2D eigenvalue weighted by Gasteiger charge is 2.22. The fourth-order valence-electron chi connectivity index (χ4n) is 2.17. The van der Waals surface area contributed by atoms with Crippen LogP contribution in [0.15, 0.2) is 29.2 Å². The average Bonchev–Trinajstić information content (AvgIpc) is 2.49. The zero-order valence-corrected chi connectivity index (χ0v) is 11.4. The zero-order chi connectivity index (χ0) is 12.7. The van der Waals surface area contributed by atoms with Gasteiger partial charge >= 0.3 is 0 Å². The fourth-order valence-corrected chi connectivity index (χ4v) is 3.73. The van der Waals surface area contributed by atoms with E-state index in [-0.39, 0.29) is 0 Å². The molecule has 0 spiro atoms. The fraction of sp³-hybridized carbons (Fsp3) is 0.231. The van der Waals surface area contributed by atoms with Gasteiger partial charge in [0, 0.05) is 21.8 Å². The van der Waals surface area contributed by atoms with Gasteiger partial charge in [-0.3, -0.25) is 4.21 Å². The van der Waals surface area contributed by atoms with E-state index >= 15 is 0 Å². The number of fused-ring (bicyclic) bond motifs is 3. The molecule has 2 heterocycles. The van der Waals surface area contributed by atoms with E-state index in [4.69, 9.17) is 11.6 Å². The van der Waals surface area contributed by atoms with Crippen molar-refractivity contribution in [3.63, 3.8) is 0 Å². The van der Waals surface area contributed by atoms with Gasteiger partial charge in [-0.1, -0.05) is 29.8 Å². The van der Waals surface area contributed by atoms with Crippen LogP contribution in [-0.4, -0.2) is 19.9 Å². The van der Waals surface area contributed by atoms with Gasteiger partial charge in [-0.25, -0.2) is 9.97 Å². The smallest absolute Gasteiger partial charge is 0.136 e. The minimum Gasteiger partial charge on any atom is -0.254 e. The summed E-state index contributed by atoms with van der Waals surface area (Å²) in [5, 5.41) is 0.478. The molecule has 1 aliphatic heterocycles. The second-order valence-electron chi connectivity index (χ2n) is 4.18. The van der Waals surface area contributed by atoms with E-state index in [1.165, 1.54) is 0 Å². The molecule has 92 valence electrons. The van der Waals surface area contributed by atoms with Crippen LogP contribution in [0.25, 0.3) is 11.3 Å². The summed E-state index contributed by atoms with van der Waals surface area (Å²) in [6.07, 6.45) is 0.649. The normalized spacial score (nSPS) is 17.8. The maximum Gasteiger partial charge on any atom is 0.136 e. The van der Waals surface area contributed by atoms with Crippen molar-refractivity contribution in [2.75, 3.05) is 5.75 Å². The molecule has 0 amide bonds. The molecule has 0 saturated carbocycles. The van der Waals surface area contributed by atoms with Crippen molar-refractivity contribution >= 4 is 22.4 Å². The van der Waals surface area contributed by atoms with Crippen LogP contribution >= 0.6 is 11.6 Å². The van der Waals surface area contributed by atoms with Gasteiger partial charge in [0.2, 0.25) is 0 Å². The lowest BCUT2D eigenvalue weighted by atomic mass is 10.1. The van der Waals surface area contributed by atoms with Crippen molar-refractivity contribution in [1.82, 2.24) is 9.97 Å². The van der Waals surface area contributed by atoms with Crippen LogP contribution in [0.3, 0.4) is 0 Å². The Kier molecular flexibility index (Phi) is 2.92. The topological polar surface area (TPSA) is 42.9 Å². The summed E-state index contributed by atoms with van der Waals surface area (Å²) < 4.78 is 12.2. The number of benzene rings is 1. The lowest BCUT2D eigenvalue weighted by Gasteiger charge is -2.09. The molecule has 1 aromatic heterocycles. The molecule has 3 rings (SSSR count). The van der Waals surface area contributed by atoms with Gasteiger partial charge in [0.05, 0.1) is 16.5 Å². The van der Waals surface area contributed by atoms with Crippen molar-refractivity contribution in [3.8, 4) is 11.3 Å². The predicted molar refractivity (Wildman–Crippen MR) is 72.2 cm³/mol. The van der Waals surface area contributed by atoms with Gasteiger partial charge < -0.3 is 0 Å². The predicted octanol–water partition coefficient (Wildman–Crippen LogP) is 2.77. The lowest BCUT2D eigenvalue weighted by molar-refractivity contribution is 0.683. The summed E-state index contributed by atoms with van der Waals surface area (Å²) in [5.74, 6) is 1.21. The first-order valence-corrected chi connectivity index (χ1v) is 7.37. The number of nitrogens with zero attached hydrogens (tertiary/aromatic N) is 2. The SMILES string of the molecule is Cc1nc(Cl)c2c(n1)-c1ccccc1S(=O)CC2. The molecule has 0 bridgehead atoms. The molecule has 3 nitrogen and oxygen atoms in total. The van der Waals surface area contributed by atoms with E-state index in [2.05, 4.69) is 9.97 Å². The van der Waals surface area contributed by atoms with Gasteiger partial charge in [-0.2, -0.15) is 0 Å². The number of aryl methyl sites for hydroxylation is 1. The Bertz CT molecular complexity index is 657. The Morgan fingerprint density at radius 3 is 2.89 bits per heavy atom. The molecule has 0 fully saturated rings. The highest BCUT2D eigenvalue weighted by molar-refractivity contribution is 7.85. The molecule has 0 aliphatic carbocycles. The molecule has 0 N–H and O–H groups in total. The van der Waals surface area contributed by atoms with Gasteiger partial charge in [-0.15, -0.1) is 0 Å². The van der Waals surface area contributed by atoms with E-state index in [1.807, 2.05) is 31.2 Å². The molecule has 5 heteroatoms. The summed E-state index contributed by atoms with van der Waals surface area (Å²) in [6, 6.07) is 7.67. The first-order chi connectivity index (χ1) is 8.66. The second kappa shape index (κ2) is 4.44. The van der Waals surface area contributed by atoms with Crippen LogP contribution < -0.4 is 0 Å². The first-order valence-electron chi connectivity index (χ1n) is 5.67. The summed E-state index contributed by atoms with van der Waals surface area (Å²) in [5.41, 5.74) is 2.64. The second-order valence-corrected chi connectivity index (χ2v) is 6.08. The number of hydrogen-bond acceptors (Lipinski definition) is 3. The van der Waals surface area contributed by atoms with Gasteiger partial charge in [0.15, 0.2) is 0 Å². The Morgan fingerprint density at radius 1 is 1.28 bits per heavy atom. The molecule has 0 saturated heterocycles. The molecule has 0 radical (unpaired) electrons. The number of hydrogen-bond donors (Lipinski definition) is 0. The van der Waals surface area contributed by atoms with Crippen molar-refractivity contribution in [3.05, 3.63) is 40.8 Å². The van der Waals surface area contributed by atoms with Crippen molar-refractivity contribution in [2.24, 2.45) is 0 Å². The highest BCUT2D eigenvalue weighted by Crippen LogP contribution is 2.34. The molecule has 1 aliphatic rings. The van der Waals surface area contributed by atoms with Crippen LogP contribution in [0.5, 0.6) is 0 Å². The van der Waals surface area contributed by atoms with Gasteiger partial charge in [0.1, 0.15) is 11.0 Å². The maximum atomic E-state index is 12.2. The molecule has 1 aromatic carbocycles. The number of halogens is 1. The summed E-state index contributed by atoms with van der Waals surface area (Å²) in [7, 11) is -1.00. The van der Waals surface area contributed by atoms with Crippen LogP contribution in [0.2, 0.25) is 5.15 Å². The number of rotatable bonds is 0. The summed E-state index contributed by atoms with van der Waals surface area (Å²) in [6.45, 7) is 1.82. The molecular weight excluding hydrogens is 268 g/mol. The third kappa shape index (κ3) is 1.85. The first kappa shape index (κ1) is 11.8. The molecular formula is C13H11ClN2OS. The van der Waals surface area contributed by atoms with Gasteiger partial charge in [0.25, 0.3) is 0 Å². The zero-order valence-electron chi connectivity index (χ0n) is 9.81. The lowest BCUT2D eigenvalue weighted by Crippen LogP contribution is -2.01. The standard InChI is InChI=1S/C13H11ClN2OS/c1-8-15-12-9-4-2-3-5-11(9)18(17)7-6-10(12)13(14)16-8/h2-5H,6-7H2,1H3. The molecule has 1 unspecified atom stereocenters. The van der Waals surface area contributed by atoms with E-state index in [0.29, 0.717) is 23.2 Å². The third-order valence-corrected chi connectivity index (χ3v) is 4.73. The van der Waals surface area contributed by atoms with Crippen molar-refractivity contribution in [1.29, 1.82) is 0 Å². The Labute approximate surface area is 113 Å². The molecule has 18 heavy (non-hydrogen) atoms. The van der Waals surface area contributed by atoms with Crippen LogP contribution in [-0.2, 0) is 17.2 Å². The Hall–Kier alpha value is -1.26. The van der Waals surface area contributed by atoms with Crippen molar-refractivity contribution < 1.29 is 4.21 Å². The Morgan fingerprint density at radius 2 is 2.06 bits per heavy atom. The maximum absolute atomic E-state index is 12.2. The molecule has 2 aromatic rings. The average molecular weight is 279 g/mol. The van der Waals surface area contributed by atoms with Crippen LogP contribution in [0.4, 0.5) is 0 Å². The summed E-state index contributed by atoms with van der Waals surface area (Å²) in [4.78, 5) is 9.50. The minimum atomic E-state index is -1.00. The molecule has 1 atom stereocenters. The monoisotopic (exact) mass is 278 g/mol. The van der Waals surface area contributed by atoms with Crippen LogP contribution in [0.1, 0.15) is 11.4 Å². The van der Waals surface area contributed by atoms with E-state index in [9.17, 15) is 4.21 Å². The third-order valence-electron chi connectivity index (χ3n) is 2.99. The van der Waals surface area contributed by atoms with Crippen molar-refractivity contribution in [2.45, 2.75) is 18.2 Å². The van der Waals surface area contributed by atoms with E-state index in [0.717, 1.165) is 21.7 Å². The summed E-state index contributed by atoms with van der Waals surface area (Å²) >= 11 is 6.18. The highest BCUT2D eigenvalue weighted by atomic mass is 35.5. The van der Waals surface area contributed by atoms with E-state index in [1.54, 1.807) is 0 Å². The van der Waals surface area contributed by atoms with E-state index < -0.39 is 10.8 Å². The van der Waals surface area contributed by atoms with Crippen LogP contribution in [0, 0.1) is 6.92 Å². The minimum absolute atomic E-state index is 0.478. The quantitative estimate of drug-likeness (QED) is 0.696. The van der Waals surface area contributed by atoms with Gasteiger partial charge in [-0.05, 0) is 19.4 Å².